The number of aryl methyl sites for hydroxylation is 6. The third-order valence-electron chi connectivity index (χ3n) is 8.12. The molecular formula is C36H53N2O2+. The first-order valence-corrected chi connectivity index (χ1v) is 14.8. The molecule has 0 spiro atoms. The van der Waals surface area contributed by atoms with Gasteiger partial charge in [-0.1, -0.05) is 88.0 Å². The second-order valence-corrected chi connectivity index (χ2v) is 12.3. The van der Waals surface area contributed by atoms with E-state index in [9.17, 15) is 0 Å². The third kappa shape index (κ3) is 10.6. The molecule has 3 aromatic rings. The van der Waals surface area contributed by atoms with Crippen molar-refractivity contribution in [3.05, 3.63) is 105 Å². The van der Waals surface area contributed by atoms with Crippen molar-refractivity contribution < 1.29 is 14.4 Å². The normalized spacial score (nSPS) is 11.6. The van der Waals surface area contributed by atoms with Crippen LogP contribution in [-0.2, 0) is 24.2 Å². The summed E-state index contributed by atoms with van der Waals surface area (Å²) in [4.78, 5) is 8.36. The van der Waals surface area contributed by atoms with Gasteiger partial charge in [0.1, 0.15) is 6.54 Å². The second kappa shape index (κ2) is 15.2. The van der Waals surface area contributed by atoms with Crippen LogP contribution in [0.5, 0.6) is 0 Å². The molecule has 0 saturated heterocycles. The minimum atomic E-state index is -0.266. The van der Waals surface area contributed by atoms with Crippen LogP contribution in [0.25, 0.3) is 0 Å². The molecule has 0 aliphatic rings. The van der Waals surface area contributed by atoms with Crippen molar-refractivity contribution in [1.82, 2.24) is 0 Å². The molecule has 3 rings (SSSR count). The highest BCUT2D eigenvalue weighted by Crippen LogP contribution is 2.26. The monoisotopic (exact) mass is 545 g/mol. The molecule has 0 aliphatic heterocycles. The lowest BCUT2D eigenvalue weighted by Crippen LogP contribution is -2.49. The third-order valence-corrected chi connectivity index (χ3v) is 8.12. The largest absolute Gasteiger partial charge is 0.483 e. The van der Waals surface area contributed by atoms with E-state index in [1.165, 1.54) is 56.6 Å². The molecule has 4 heteroatoms. The van der Waals surface area contributed by atoms with E-state index in [1.807, 2.05) is 0 Å². The van der Waals surface area contributed by atoms with Crippen molar-refractivity contribution in [2.75, 3.05) is 19.6 Å². The van der Waals surface area contributed by atoms with Gasteiger partial charge in [-0.15, -0.1) is 0 Å². The van der Waals surface area contributed by atoms with Gasteiger partial charge in [0.05, 0.1) is 19.6 Å². The predicted octanol–water partition coefficient (Wildman–Crippen LogP) is 7.56. The summed E-state index contributed by atoms with van der Waals surface area (Å²) in [5.74, 6) is 0. The Labute approximate surface area is 243 Å². The molecule has 0 aromatic heterocycles. The van der Waals surface area contributed by atoms with Gasteiger partial charge in [-0.25, -0.2) is 0 Å². The first-order valence-electron chi connectivity index (χ1n) is 14.8. The number of nitrogens with zero attached hydrogens (tertiary/aromatic N) is 1. The molecule has 40 heavy (non-hydrogen) atoms. The number of carboxylic acid groups (broad SMARTS) is 1. The van der Waals surface area contributed by atoms with Crippen LogP contribution in [0.4, 0.5) is 0 Å². The van der Waals surface area contributed by atoms with Crippen molar-refractivity contribution in [2.45, 2.75) is 93.2 Å². The van der Waals surface area contributed by atoms with Gasteiger partial charge < -0.3 is 15.3 Å². The SMILES string of the molecule is CC[N+](CC)(CCCC(N)(Cc1cc(C)cc(C)c1)Cc1cc(C)cc(C)c1)Cc1cc(C)cc(C)c1.O=CO. The molecule has 0 saturated carbocycles. The smallest absolute Gasteiger partial charge is 0.290 e. The van der Waals surface area contributed by atoms with Gasteiger partial charge in [0.15, 0.2) is 0 Å². The summed E-state index contributed by atoms with van der Waals surface area (Å²) in [6.07, 6.45) is 3.99. The zero-order chi connectivity index (χ0) is 29.9. The lowest BCUT2D eigenvalue weighted by molar-refractivity contribution is -0.938. The van der Waals surface area contributed by atoms with Gasteiger partial charge in [0.25, 0.3) is 6.47 Å². The topological polar surface area (TPSA) is 63.3 Å². The molecule has 0 heterocycles. The number of hydrogen-bond acceptors (Lipinski definition) is 2. The molecule has 3 N–H and O–H groups in total. The fraction of sp³-hybridized carbons (Fsp3) is 0.472. The Hall–Kier alpha value is -2.95. The summed E-state index contributed by atoms with van der Waals surface area (Å²) >= 11 is 0. The van der Waals surface area contributed by atoms with E-state index in [0.717, 1.165) is 49.8 Å². The average molecular weight is 546 g/mol. The van der Waals surface area contributed by atoms with Gasteiger partial charge in [-0.05, 0) is 92.2 Å². The lowest BCUT2D eigenvalue weighted by Gasteiger charge is -2.39. The van der Waals surface area contributed by atoms with Gasteiger partial charge >= 0.3 is 0 Å². The highest BCUT2D eigenvalue weighted by atomic mass is 16.3. The summed E-state index contributed by atoms with van der Waals surface area (Å²) in [5, 5.41) is 6.89. The first kappa shape index (κ1) is 33.3. The molecule has 0 radical (unpaired) electrons. The fourth-order valence-electron chi connectivity index (χ4n) is 6.55. The van der Waals surface area contributed by atoms with E-state index in [0.29, 0.717) is 0 Å². The average Bonchev–Trinajstić information content (AvgIpc) is 2.81. The van der Waals surface area contributed by atoms with Crippen LogP contribution >= 0.6 is 0 Å². The van der Waals surface area contributed by atoms with Crippen LogP contribution in [0.3, 0.4) is 0 Å². The number of rotatable bonds is 12. The minimum absolute atomic E-state index is 0.250. The van der Waals surface area contributed by atoms with Crippen LogP contribution in [-0.4, -0.2) is 41.2 Å². The Bertz CT molecular complexity index is 1130. The Kier molecular flexibility index (Phi) is 12.6. The molecule has 0 aliphatic carbocycles. The van der Waals surface area contributed by atoms with E-state index in [2.05, 4.69) is 110 Å². The van der Waals surface area contributed by atoms with E-state index in [-0.39, 0.29) is 12.0 Å². The van der Waals surface area contributed by atoms with Crippen molar-refractivity contribution in [2.24, 2.45) is 5.73 Å². The fourth-order valence-corrected chi connectivity index (χ4v) is 6.55. The van der Waals surface area contributed by atoms with Crippen molar-refractivity contribution in [1.29, 1.82) is 0 Å². The molecule has 3 aromatic carbocycles. The maximum atomic E-state index is 8.36. The van der Waals surface area contributed by atoms with Gasteiger partial charge in [-0.2, -0.15) is 0 Å². The van der Waals surface area contributed by atoms with Crippen LogP contribution in [0.1, 0.15) is 76.8 Å². The Morgan fingerprint density at radius 1 is 0.675 bits per heavy atom. The number of hydrogen-bond donors (Lipinski definition) is 2. The van der Waals surface area contributed by atoms with Gasteiger partial charge in [0, 0.05) is 11.1 Å². The van der Waals surface area contributed by atoms with E-state index < -0.39 is 0 Å². The summed E-state index contributed by atoms with van der Waals surface area (Å²) in [6.45, 7) is 22.2. The zero-order valence-electron chi connectivity index (χ0n) is 26.3. The number of carbonyl (C=O) groups is 1. The lowest BCUT2D eigenvalue weighted by atomic mass is 9.81. The molecule has 218 valence electrons. The molecule has 0 atom stereocenters. The van der Waals surface area contributed by atoms with E-state index in [4.69, 9.17) is 15.6 Å². The molecule has 4 nitrogen and oxygen atoms in total. The van der Waals surface area contributed by atoms with Crippen LogP contribution in [0, 0.1) is 41.5 Å². The predicted molar refractivity (Wildman–Crippen MR) is 170 cm³/mol. The summed E-state index contributed by atoms with van der Waals surface area (Å²) in [7, 11) is 0. The molecule has 0 bridgehead atoms. The molecular weight excluding hydrogens is 492 g/mol. The Morgan fingerprint density at radius 2 is 1.00 bits per heavy atom. The summed E-state index contributed by atoms with van der Waals surface area (Å²) in [6, 6.07) is 20.8. The van der Waals surface area contributed by atoms with Crippen molar-refractivity contribution in [3.8, 4) is 0 Å². The first-order chi connectivity index (χ1) is 18.8. The van der Waals surface area contributed by atoms with Crippen LogP contribution in [0.2, 0.25) is 0 Å². The Balaban J connectivity index is 0.00000178. The van der Waals surface area contributed by atoms with Crippen LogP contribution < -0.4 is 5.73 Å². The van der Waals surface area contributed by atoms with Gasteiger partial charge in [-0.3, -0.25) is 4.79 Å². The molecule has 0 unspecified atom stereocenters. The number of benzene rings is 3. The summed E-state index contributed by atoms with van der Waals surface area (Å²) < 4.78 is 1.12. The molecule has 0 fully saturated rings. The standard InChI is InChI=1S/C35H51N2.CH2O2/c1-9-37(10-2,25-34-21-30(7)16-31(8)22-34)13-11-12-35(36,23-32-17-26(3)14-27(4)18-32)24-33-19-28(5)15-29(6)20-33;2-1-3/h14-22H,9-13,23-25,36H2,1-8H3;1H,(H,2,3)/q+1;. The zero-order valence-corrected chi connectivity index (χ0v) is 26.3. The quantitative estimate of drug-likeness (QED) is 0.182. The maximum Gasteiger partial charge on any atom is 0.290 e. The van der Waals surface area contributed by atoms with Crippen LogP contribution in [0.15, 0.2) is 54.6 Å². The van der Waals surface area contributed by atoms with Crippen molar-refractivity contribution in [3.63, 3.8) is 0 Å². The number of quaternary nitrogens is 1. The van der Waals surface area contributed by atoms with E-state index in [1.54, 1.807) is 0 Å². The highest BCUT2D eigenvalue weighted by molar-refractivity contribution is 5.33. The second-order valence-electron chi connectivity index (χ2n) is 12.3. The highest BCUT2D eigenvalue weighted by Gasteiger charge is 2.30. The maximum absolute atomic E-state index is 8.36. The van der Waals surface area contributed by atoms with Crippen molar-refractivity contribution >= 4 is 6.47 Å². The van der Waals surface area contributed by atoms with E-state index >= 15 is 0 Å². The minimum Gasteiger partial charge on any atom is -0.483 e. The Morgan fingerprint density at radius 3 is 1.32 bits per heavy atom. The summed E-state index contributed by atoms with van der Waals surface area (Å²) in [5.41, 5.74) is 19.3. The number of nitrogens with two attached hydrogens (primary N) is 1. The van der Waals surface area contributed by atoms with Gasteiger partial charge in [0.2, 0.25) is 0 Å². The molecule has 0 amide bonds.